The molecule has 0 spiro atoms. The molecule has 136 valence electrons. The Balaban J connectivity index is 2.36. The van der Waals surface area contributed by atoms with Crippen molar-refractivity contribution >= 4 is 0 Å². The van der Waals surface area contributed by atoms with Crippen LogP contribution in [0.15, 0.2) is 36.4 Å². The van der Waals surface area contributed by atoms with Crippen molar-refractivity contribution in [3.05, 3.63) is 47.5 Å². The molecule has 0 saturated heterocycles. The van der Waals surface area contributed by atoms with E-state index in [0.29, 0.717) is 13.2 Å². The van der Waals surface area contributed by atoms with Crippen molar-refractivity contribution in [2.75, 3.05) is 34.5 Å². The second-order valence-corrected chi connectivity index (χ2v) is 5.63. The van der Waals surface area contributed by atoms with E-state index in [1.54, 1.807) is 21.3 Å². The highest BCUT2D eigenvalue weighted by Crippen LogP contribution is 2.37. The summed E-state index contributed by atoms with van der Waals surface area (Å²) >= 11 is 0. The highest BCUT2D eigenvalue weighted by atomic mass is 16.5. The van der Waals surface area contributed by atoms with E-state index in [2.05, 4.69) is 0 Å². The smallest absolute Gasteiger partial charge is 0.163 e. The molecule has 2 aromatic carbocycles. The number of methoxy groups -OCH3 is 3. The standard InChI is InChI=1S/C20H27NO4/c1-5-25-18-8-6-7-14(20(18)24-4)11-15(13-21)17-10-9-16(22-2)12-19(17)23-3/h6-10,12,15H,5,11,13,21H2,1-4H3. The summed E-state index contributed by atoms with van der Waals surface area (Å²) in [5.74, 6) is 3.13. The minimum absolute atomic E-state index is 0.0895. The van der Waals surface area contributed by atoms with Gasteiger partial charge in [0.2, 0.25) is 0 Å². The van der Waals surface area contributed by atoms with Crippen LogP contribution >= 0.6 is 0 Å². The molecule has 0 aliphatic heterocycles. The molecule has 0 fully saturated rings. The molecule has 0 heterocycles. The van der Waals surface area contributed by atoms with Gasteiger partial charge in [0.25, 0.3) is 0 Å². The quantitative estimate of drug-likeness (QED) is 0.755. The molecule has 0 amide bonds. The summed E-state index contributed by atoms with van der Waals surface area (Å²) < 4.78 is 22.1. The Hall–Kier alpha value is -2.40. The molecular formula is C20H27NO4. The molecule has 0 aliphatic rings. The summed E-state index contributed by atoms with van der Waals surface area (Å²) in [6, 6.07) is 11.7. The number of rotatable bonds is 9. The Kier molecular flexibility index (Phi) is 6.95. The lowest BCUT2D eigenvalue weighted by atomic mass is 9.90. The van der Waals surface area contributed by atoms with E-state index in [9.17, 15) is 0 Å². The van der Waals surface area contributed by atoms with Crippen LogP contribution in [0.1, 0.15) is 24.0 Å². The van der Waals surface area contributed by atoms with Crippen LogP contribution in [0.25, 0.3) is 0 Å². The van der Waals surface area contributed by atoms with Gasteiger partial charge < -0.3 is 24.7 Å². The summed E-state index contributed by atoms with van der Waals surface area (Å²) in [6.07, 6.45) is 0.725. The van der Waals surface area contributed by atoms with Crippen molar-refractivity contribution in [1.29, 1.82) is 0 Å². The van der Waals surface area contributed by atoms with Gasteiger partial charge in [-0.05, 0) is 43.1 Å². The lowest BCUT2D eigenvalue weighted by Crippen LogP contribution is -2.16. The van der Waals surface area contributed by atoms with E-state index in [-0.39, 0.29) is 5.92 Å². The molecule has 2 rings (SSSR count). The number of hydrogen-bond donors (Lipinski definition) is 1. The second-order valence-electron chi connectivity index (χ2n) is 5.63. The van der Waals surface area contributed by atoms with Crippen LogP contribution in [-0.2, 0) is 6.42 Å². The monoisotopic (exact) mass is 345 g/mol. The summed E-state index contributed by atoms with van der Waals surface area (Å²) in [5.41, 5.74) is 8.18. The zero-order valence-corrected chi connectivity index (χ0v) is 15.4. The molecule has 5 nitrogen and oxygen atoms in total. The van der Waals surface area contributed by atoms with Crippen molar-refractivity contribution in [1.82, 2.24) is 0 Å². The zero-order chi connectivity index (χ0) is 18.2. The maximum Gasteiger partial charge on any atom is 0.163 e. The van der Waals surface area contributed by atoms with Gasteiger partial charge >= 0.3 is 0 Å². The highest BCUT2D eigenvalue weighted by Gasteiger charge is 2.19. The van der Waals surface area contributed by atoms with E-state index in [1.807, 2.05) is 43.3 Å². The van der Waals surface area contributed by atoms with Crippen molar-refractivity contribution < 1.29 is 18.9 Å². The fourth-order valence-electron chi connectivity index (χ4n) is 2.96. The molecule has 2 aromatic rings. The Bertz CT molecular complexity index is 687. The van der Waals surface area contributed by atoms with Crippen LogP contribution in [0.2, 0.25) is 0 Å². The van der Waals surface area contributed by atoms with Gasteiger partial charge in [0.15, 0.2) is 11.5 Å². The Morgan fingerprint density at radius 3 is 2.36 bits per heavy atom. The van der Waals surface area contributed by atoms with Crippen molar-refractivity contribution in [3.8, 4) is 23.0 Å². The molecule has 0 bridgehead atoms. The molecule has 2 N–H and O–H groups in total. The number of benzene rings is 2. The van der Waals surface area contributed by atoms with Gasteiger partial charge in [-0.2, -0.15) is 0 Å². The number of ether oxygens (including phenoxy) is 4. The molecule has 1 atom stereocenters. The molecule has 25 heavy (non-hydrogen) atoms. The summed E-state index contributed by atoms with van der Waals surface area (Å²) in [4.78, 5) is 0. The van der Waals surface area contributed by atoms with Crippen LogP contribution in [-0.4, -0.2) is 34.5 Å². The van der Waals surface area contributed by atoms with Gasteiger partial charge in [-0.1, -0.05) is 18.2 Å². The lowest BCUT2D eigenvalue weighted by Gasteiger charge is -2.21. The minimum atomic E-state index is 0.0895. The third-order valence-electron chi connectivity index (χ3n) is 4.20. The van der Waals surface area contributed by atoms with E-state index in [4.69, 9.17) is 24.7 Å². The number of hydrogen-bond acceptors (Lipinski definition) is 5. The summed E-state index contributed by atoms with van der Waals surface area (Å²) in [5, 5.41) is 0. The van der Waals surface area contributed by atoms with Crippen LogP contribution in [0.4, 0.5) is 0 Å². The maximum absolute atomic E-state index is 6.08. The molecule has 0 radical (unpaired) electrons. The molecule has 0 aliphatic carbocycles. The topological polar surface area (TPSA) is 62.9 Å². The fourth-order valence-corrected chi connectivity index (χ4v) is 2.96. The minimum Gasteiger partial charge on any atom is -0.497 e. The third kappa shape index (κ3) is 4.37. The number of nitrogens with two attached hydrogens (primary N) is 1. The summed E-state index contributed by atoms with van der Waals surface area (Å²) in [7, 11) is 4.95. The average Bonchev–Trinajstić information content (AvgIpc) is 2.66. The molecular weight excluding hydrogens is 318 g/mol. The molecule has 5 heteroatoms. The van der Waals surface area contributed by atoms with E-state index in [1.165, 1.54) is 0 Å². The lowest BCUT2D eigenvalue weighted by molar-refractivity contribution is 0.308. The predicted molar refractivity (Wildman–Crippen MR) is 99.2 cm³/mol. The molecule has 0 aromatic heterocycles. The van der Waals surface area contributed by atoms with E-state index < -0.39 is 0 Å². The first-order valence-electron chi connectivity index (χ1n) is 8.39. The average molecular weight is 345 g/mol. The summed E-state index contributed by atoms with van der Waals surface area (Å²) in [6.45, 7) is 3.04. The maximum atomic E-state index is 6.08. The van der Waals surface area contributed by atoms with Gasteiger partial charge in [-0.15, -0.1) is 0 Å². The Morgan fingerprint density at radius 1 is 0.960 bits per heavy atom. The van der Waals surface area contributed by atoms with Crippen molar-refractivity contribution in [2.45, 2.75) is 19.3 Å². The SMILES string of the molecule is CCOc1cccc(CC(CN)c2ccc(OC)cc2OC)c1OC. The van der Waals surface area contributed by atoms with E-state index >= 15 is 0 Å². The van der Waals surface area contributed by atoms with Crippen molar-refractivity contribution in [3.63, 3.8) is 0 Å². The normalized spacial score (nSPS) is 11.7. The first-order chi connectivity index (χ1) is 12.2. The van der Waals surface area contributed by atoms with Gasteiger partial charge in [0, 0.05) is 12.0 Å². The Morgan fingerprint density at radius 2 is 1.76 bits per heavy atom. The highest BCUT2D eigenvalue weighted by molar-refractivity contribution is 5.49. The molecule has 1 unspecified atom stereocenters. The van der Waals surface area contributed by atoms with Crippen LogP contribution in [0, 0.1) is 0 Å². The first-order valence-corrected chi connectivity index (χ1v) is 8.39. The van der Waals surface area contributed by atoms with Crippen LogP contribution in [0.3, 0.4) is 0 Å². The predicted octanol–water partition coefficient (Wildman–Crippen LogP) is 3.40. The van der Waals surface area contributed by atoms with Gasteiger partial charge in [0.05, 0.1) is 27.9 Å². The Labute approximate surface area is 149 Å². The largest absolute Gasteiger partial charge is 0.497 e. The van der Waals surface area contributed by atoms with Crippen LogP contribution < -0.4 is 24.7 Å². The fraction of sp³-hybridized carbons (Fsp3) is 0.400. The van der Waals surface area contributed by atoms with Gasteiger partial charge in [0.1, 0.15) is 11.5 Å². The van der Waals surface area contributed by atoms with Crippen molar-refractivity contribution in [2.24, 2.45) is 5.73 Å². The molecule has 0 saturated carbocycles. The van der Waals surface area contributed by atoms with E-state index in [0.717, 1.165) is 40.5 Å². The second kappa shape index (κ2) is 9.18. The number of para-hydroxylation sites is 1. The van der Waals surface area contributed by atoms with Gasteiger partial charge in [-0.3, -0.25) is 0 Å². The van der Waals surface area contributed by atoms with Gasteiger partial charge in [-0.25, -0.2) is 0 Å². The third-order valence-corrected chi connectivity index (χ3v) is 4.20. The van der Waals surface area contributed by atoms with Crippen LogP contribution in [0.5, 0.6) is 23.0 Å². The zero-order valence-electron chi connectivity index (χ0n) is 15.4. The first kappa shape index (κ1) is 18.9.